The van der Waals surface area contributed by atoms with E-state index >= 15 is 0 Å². The molecule has 0 spiro atoms. The second kappa shape index (κ2) is 9.76. The van der Waals surface area contributed by atoms with Gasteiger partial charge in [0.2, 0.25) is 0 Å². The van der Waals surface area contributed by atoms with Crippen LogP contribution in [0.15, 0.2) is 60.0 Å². The van der Waals surface area contributed by atoms with Gasteiger partial charge >= 0.3 is 0 Å². The summed E-state index contributed by atoms with van der Waals surface area (Å²) < 4.78 is 12.3. The van der Waals surface area contributed by atoms with Gasteiger partial charge in [0.15, 0.2) is 0 Å². The molecule has 1 saturated heterocycles. The lowest BCUT2D eigenvalue weighted by Crippen LogP contribution is -2.27. The topological polar surface area (TPSA) is 38.8 Å². The van der Waals surface area contributed by atoms with Crippen LogP contribution in [-0.2, 0) is 4.79 Å². The van der Waals surface area contributed by atoms with Crippen LogP contribution < -0.4 is 9.47 Å². The molecule has 150 valence electrons. The largest absolute Gasteiger partial charge is 0.490 e. The summed E-state index contributed by atoms with van der Waals surface area (Å²) >= 11 is 6.59. The van der Waals surface area contributed by atoms with E-state index in [1.807, 2.05) is 56.3 Å². The fourth-order valence-corrected chi connectivity index (χ4v) is 4.09. The second-order valence-corrected chi connectivity index (χ2v) is 8.26. The summed E-state index contributed by atoms with van der Waals surface area (Å²) in [4.78, 5) is 14.7. The molecule has 0 atom stereocenters. The van der Waals surface area contributed by atoms with Gasteiger partial charge in [0.05, 0.1) is 4.91 Å². The molecular weight excluding hydrogens is 402 g/mol. The summed E-state index contributed by atoms with van der Waals surface area (Å²) in [6.45, 7) is 8.98. The second-order valence-electron chi connectivity index (χ2n) is 6.58. The molecule has 0 aromatic heterocycles. The van der Waals surface area contributed by atoms with E-state index in [9.17, 15) is 4.79 Å². The molecule has 29 heavy (non-hydrogen) atoms. The fraction of sp³-hybridized carbons (Fsp3) is 0.217. The molecule has 3 rings (SSSR count). The average Bonchev–Trinajstić information content (AvgIpc) is 2.96. The summed E-state index contributed by atoms with van der Waals surface area (Å²) in [5.41, 5.74) is 3.08. The third-order valence-corrected chi connectivity index (χ3v) is 5.71. The summed E-state index contributed by atoms with van der Waals surface area (Å²) in [6.07, 6.45) is 3.49. The third kappa shape index (κ3) is 5.28. The van der Waals surface area contributed by atoms with Crippen molar-refractivity contribution in [3.8, 4) is 11.5 Å². The Morgan fingerprint density at radius 1 is 1.10 bits per heavy atom. The Morgan fingerprint density at radius 3 is 2.59 bits per heavy atom. The molecule has 0 aliphatic carbocycles. The van der Waals surface area contributed by atoms with Gasteiger partial charge in [0, 0.05) is 12.1 Å². The molecule has 0 radical (unpaired) electrons. The van der Waals surface area contributed by atoms with Crippen molar-refractivity contribution < 1.29 is 14.3 Å². The number of thioether (sulfide) groups is 1. The van der Waals surface area contributed by atoms with Gasteiger partial charge in [0.1, 0.15) is 29.0 Å². The van der Waals surface area contributed by atoms with Crippen LogP contribution in [-0.4, -0.2) is 34.9 Å². The van der Waals surface area contributed by atoms with Crippen molar-refractivity contribution >= 4 is 40.3 Å². The maximum Gasteiger partial charge on any atom is 0.266 e. The van der Waals surface area contributed by atoms with Crippen molar-refractivity contribution in [2.75, 3.05) is 19.8 Å². The molecular formula is C23H23NO3S2. The summed E-state index contributed by atoms with van der Waals surface area (Å²) in [5, 5.41) is 0. The van der Waals surface area contributed by atoms with Crippen LogP contribution in [0.25, 0.3) is 6.08 Å². The number of hydrogen-bond acceptors (Lipinski definition) is 5. The van der Waals surface area contributed by atoms with Gasteiger partial charge in [-0.3, -0.25) is 9.69 Å². The Balaban J connectivity index is 1.65. The van der Waals surface area contributed by atoms with Crippen molar-refractivity contribution in [2.24, 2.45) is 0 Å². The highest BCUT2D eigenvalue weighted by atomic mass is 32.2. The Kier molecular flexibility index (Phi) is 7.12. The molecule has 1 fully saturated rings. The molecule has 1 aliphatic rings. The quantitative estimate of drug-likeness (QED) is 0.253. The van der Waals surface area contributed by atoms with E-state index in [1.54, 1.807) is 11.0 Å². The maximum absolute atomic E-state index is 12.5. The van der Waals surface area contributed by atoms with Crippen LogP contribution in [0.5, 0.6) is 11.5 Å². The number of benzene rings is 2. The molecule has 6 heteroatoms. The van der Waals surface area contributed by atoms with E-state index in [0.717, 1.165) is 22.4 Å². The predicted molar refractivity (Wildman–Crippen MR) is 123 cm³/mol. The van der Waals surface area contributed by atoms with Gasteiger partial charge in [-0.1, -0.05) is 60.4 Å². The predicted octanol–water partition coefficient (Wildman–Crippen LogP) is 5.15. The molecule has 4 nitrogen and oxygen atoms in total. The lowest BCUT2D eigenvalue weighted by molar-refractivity contribution is -0.121. The van der Waals surface area contributed by atoms with Crippen LogP contribution in [0.2, 0.25) is 0 Å². The SMILES string of the molecule is C=CCN1C(=O)/C(=C\c2ccccc2OCCOc2cc(C)ccc2C)SC1=S. The van der Waals surface area contributed by atoms with Crippen LogP contribution in [0, 0.1) is 13.8 Å². The lowest BCUT2D eigenvalue weighted by atomic mass is 10.1. The Morgan fingerprint density at radius 2 is 1.83 bits per heavy atom. The fourth-order valence-electron chi connectivity index (χ4n) is 2.83. The van der Waals surface area contributed by atoms with Crippen LogP contribution in [0.3, 0.4) is 0 Å². The molecule has 1 aliphatic heterocycles. The molecule has 1 amide bonds. The summed E-state index contributed by atoms with van der Waals surface area (Å²) in [7, 11) is 0. The van der Waals surface area contributed by atoms with Crippen molar-refractivity contribution in [1.82, 2.24) is 4.90 Å². The Bertz CT molecular complexity index is 968. The maximum atomic E-state index is 12.5. The first-order valence-electron chi connectivity index (χ1n) is 9.27. The van der Waals surface area contributed by atoms with Crippen LogP contribution in [0.4, 0.5) is 0 Å². The molecule has 2 aromatic rings. The zero-order valence-corrected chi connectivity index (χ0v) is 18.1. The molecule has 0 N–H and O–H groups in total. The standard InChI is InChI=1S/C23H23NO3S2/c1-4-11-24-22(25)21(29-23(24)28)15-18-7-5-6-8-19(18)26-12-13-27-20-14-16(2)9-10-17(20)3/h4-10,14-15H,1,11-13H2,2-3H3/b21-15+. The zero-order valence-electron chi connectivity index (χ0n) is 16.5. The number of aryl methyl sites for hydroxylation is 2. The number of carbonyl (C=O) groups is 1. The first-order chi connectivity index (χ1) is 14.0. The van der Waals surface area contributed by atoms with E-state index in [-0.39, 0.29) is 5.91 Å². The third-order valence-electron chi connectivity index (χ3n) is 4.33. The number of carbonyl (C=O) groups excluding carboxylic acids is 1. The van der Waals surface area contributed by atoms with E-state index < -0.39 is 0 Å². The lowest BCUT2D eigenvalue weighted by Gasteiger charge is -2.12. The van der Waals surface area contributed by atoms with Crippen LogP contribution in [0.1, 0.15) is 16.7 Å². The van der Waals surface area contributed by atoms with Gasteiger partial charge in [-0.15, -0.1) is 6.58 Å². The average molecular weight is 426 g/mol. The minimum atomic E-state index is -0.104. The molecule has 0 bridgehead atoms. The number of amides is 1. The normalized spacial score (nSPS) is 15.1. The number of thiocarbonyl (C=S) groups is 1. The molecule has 0 saturated carbocycles. The zero-order chi connectivity index (χ0) is 20.8. The summed E-state index contributed by atoms with van der Waals surface area (Å²) in [5.74, 6) is 1.46. The smallest absolute Gasteiger partial charge is 0.266 e. The number of hydrogen-bond donors (Lipinski definition) is 0. The van der Waals surface area contributed by atoms with Gasteiger partial charge in [0.25, 0.3) is 5.91 Å². The van der Waals surface area contributed by atoms with Crippen LogP contribution >= 0.6 is 24.0 Å². The van der Waals surface area contributed by atoms with Crippen molar-refractivity contribution in [2.45, 2.75) is 13.8 Å². The number of ether oxygens (including phenoxy) is 2. The first kappa shape index (κ1) is 21.1. The monoisotopic (exact) mass is 425 g/mol. The molecule has 0 unspecified atom stereocenters. The van der Waals surface area contributed by atoms with Gasteiger partial charge in [-0.05, 0) is 43.2 Å². The van der Waals surface area contributed by atoms with Crippen molar-refractivity contribution in [3.63, 3.8) is 0 Å². The van der Waals surface area contributed by atoms with Gasteiger partial charge < -0.3 is 9.47 Å². The van der Waals surface area contributed by atoms with E-state index in [1.165, 1.54) is 11.8 Å². The molecule has 1 heterocycles. The highest BCUT2D eigenvalue weighted by Crippen LogP contribution is 2.34. The minimum absolute atomic E-state index is 0.104. The number of nitrogens with zero attached hydrogens (tertiary/aromatic N) is 1. The highest BCUT2D eigenvalue weighted by molar-refractivity contribution is 8.26. The number of para-hydroxylation sites is 1. The first-order valence-corrected chi connectivity index (χ1v) is 10.5. The summed E-state index contributed by atoms with van der Waals surface area (Å²) in [6, 6.07) is 13.7. The Labute approximate surface area is 181 Å². The number of rotatable bonds is 8. The van der Waals surface area contributed by atoms with Gasteiger partial charge in [-0.2, -0.15) is 0 Å². The van der Waals surface area contributed by atoms with Crippen molar-refractivity contribution in [1.29, 1.82) is 0 Å². The van der Waals surface area contributed by atoms with E-state index in [2.05, 4.69) is 12.6 Å². The Hall–Kier alpha value is -2.57. The van der Waals surface area contributed by atoms with E-state index in [0.29, 0.717) is 34.7 Å². The van der Waals surface area contributed by atoms with Gasteiger partial charge in [-0.25, -0.2) is 0 Å². The minimum Gasteiger partial charge on any atom is -0.490 e. The highest BCUT2D eigenvalue weighted by Gasteiger charge is 2.31. The van der Waals surface area contributed by atoms with E-state index in [4.69, 9.17) is 21.7 Å². The molecule has 2 aromatic carbocycles. The van der Waals surface area contributed by atoms with Crippen molar-refractivity contribution in [3.05, 3.63) is 76.7 Å².